The molecule has 3 N–H and O–H groups in total. The summed E-state index contributed by atoms with van der Waals surface area (Å²) in [7, 11) is 1.65. The number of likely N-dealkylation sites (tertiary alicyclic amines) is 1. The Morgan fingerprint density at radius 3 is 2.16 bits per heavy atom. The molecule has 1 aromatic rings. The van der Waals surface area contributed by atoms with E-state index in [0.717, 1.165) is 6.42 Å². The van der Waals surface area contributed by atoms with Gasteiger partial charge in [-0.05, 0) is 30.4 Å². The third kappa shape index (κ3) is 4.76. The summed E-state index contributed by atoms with van der Waals surface area (Å²) in [5.74, 6) is 0.525. The zero-order valence-electron chi connectivity index (χ0n) is 17.4. The van der Waals surface area contributed by atoms with E-state index in [1.165, 1.54) is 4.90 Å². The van der Waals surface area contributed by atoms with Gasteiger partial charge in [-0.15, -0.1) is 24.0 Å². The first-order valence-corrected chi connectivity index (χ1v) is 10.4. The third-order valence-electron chi connectivity index (χ3n) is 6.15. The molecule has 4 unspecified atom stereocenters. The van der Waals surface area contributed by atoms with E-state index >= 15 is 0 Å². The van der Waals surface area contributed by atoms with Crippen molar-refractivity contribution in [3.63, 3.8) is 0 Å². The number of carbonyl (C=O) groups excluding carboxylic acids is 3. The number of hydrogen-bond donors (Lipinski definition) is 3. The second-order valence-corrected chi connectivity index (χ2v) is 7.88. The van der Waals surface area contributed by atoms with Crippen LogP contribution in [0.15, 0.2) is 47.5 Å². The Kier molecular flexibility index (Phi) is 7.69. The minimum Gasteiger partial charge on any atom is -0.355 e. The Balaban J connectivity index is 0.00000272. The van der Waals surface area contributed by atoms with Crippen LogP contribution in [-0.2, 0) is 9.59 Å². The first kappa shape index (κ1) is 23.2. The van der Waals surface area contributed by atoms with Crippen molar-refractivity contribution in [2.24, 2.45) is 28.7 Å². The molecule has 1 aromatic carbocycles. The van der Waals surface area contributed by atoms with Crippen molar-refractivity contribution in [1.29, 1.82) is 0 Å². The summed E-state index contributed by atoms with van der Waals surface area (Å²) in [5.41, 5.74) is 0.619. The van der Waals surface area contributed by atoms with Crippen molar-refractivity contribution in [3.8, 4) is 0 Å². The fourth-order valence-corrected chi connectivity index (χ4v) is 4.74. The molecule has 1 saturated carbocycles. The molecule has 4 rings (SSSR count). The normalized spacial score (nSPS) is 26.0. The number of benzene rings is 1. The van der Waals surface area contributed by atoms with Crippen LogP contribution in [0.1, 0.15) is 16.8 Å². The van der Waals surface area contributed by atoms with Crippen LogP contribution in [0.25, 0.3) is 0 Å². The summed E-state index contributed by atoms with van der Waals surface area (Å²) < 4.78 is 0. The lowest BCUT2D eigenvalue weighted by atomic mass is 9.85. The average Bonchev–Trinajstić information content (AvgIpc) is 3.45. The SMILES string of the molecule is CN=C(NCCNC(=O)c1ccccc1)NCCN1C(=O)C2C3C=CC(C3)C2C1=O.I. The quantitative estimate of drug-likeness (QED) is 0.120. The molecular formula is C22H28IN5O3. The van der Waals surface area contributed by atoms with E-state index in [1.54, 1.807) is 19.2 Å². The fraction of sp³-hybridized carbons (Fsp3) is 0.455. The highest BCUT2D eigenvalue weighted by Gasteiger charge is 2.58. The van der Waals surface area contributed by atoms with Gasteiger partial charge >= 0.3 is 0 Å². The van der Waals surface area contributed by atoms with Crippen molar-refractivity contribution in [3.05, 3.63) is 48.0 Å². The molecule has 1 aliphatic heterocycles. The topological polar surface area (TPSA) is 103 Å². The summed E-state index contributed by atoms with van der Waals surface area (Å²) in [6, 6.07) is 9.04. The maximum absolute atomic E-state index is 12.7. The van der Waals surface area contributed by atoms with Gasteiger partial charge < -0.3 is 16.0 Å². The lowest BCUT2D eigenvalue weighted by Gasteiger charge is -2.18. The highest BCUT2D eigenvalue weighted by Crippen LogP contribution is 2.52. The van der Waals surface area contributed by atoms with Gasteiger partial charge in [-0.3, -0.25) is 24.3 Å². The molecule has 3 amide bonds. The minimum absolute atomic E-state index is 0. The standard InChI is InChI=1S/C22H27N5O3.HI/c1-23-22(25-10-9-24-19(28)14-5-3-2-4-6-14)26-11-12-27-20(29)17-15-7-8-16(13-15)18(17)21(27)30;/h2-8,15-18H,9-13H2,1H3,(H,24,28)(H2,23,25,26);1H. The highest BCUT2D eigenvalue weighted by molar-refractivity contribution is 14.0. The lowest BCUT2D eigenvalue weighted by molar-refractivity contribution is -0.140. The predicted molar refractivity (Wildman–Crippen MR) is 128 cm³/mol. The van der Waals surface area contributed by atoms with E-state index < -0.39 is 0 Å². The van der Waals surface area contributed by atoms with Gasteiger partial charge in [0.1, 0.15) is 0 Å². The van der Waals surface area contributed by atoms with E-state index in [0.29, 0.717) is 37.7 Å². The Labute approximate surface area is 198 Å². The number of guanidine groups is 1. The van der Waals surface area contributed by atoms with Gasteiger partial charge in [0.15, 0.2) is 5.96 Å². The van der Waals surface area contributed by atoms with Gasteiger partial charge in [0, 0.05) is 38.8 Å². The van der Waals surface area contributed by atoms with Crippen molar-refractivity contribution < 1.29 is 14.4 Å². The zero-order valence-corrected chi connectivity index (χ0v) is 19.7. The fourth-order valence-electron chi connectivity index (χ4n) is 4.74. The maximum atomic E-state index is 12.7. The lowest BCUT2D eigenvalue weighted by Crippen LogP contribution is -2.45. The van der Waals surface area contributed by atoms with Gasteiger partial charge in [0.05, 0.1) is 11.8 Å². The van der Waals surface area contributed by atoms with Crippen molar-refractivity contribution >= 4 is 47.7 Å². The van der Waals surface area contributed by atoms with Crippen molar-refractivity contribution in [2.75, 3.05) is 33.2 Å². The number of nitrogens with zero attached hydrogens (tertiary/aromatic N) is 2. The van der Waals surface area contributed by atoms with Gasteiger partial charge in [0.25, 0.3) is 5.91 Å². The molecular weight excluding hydrogens is 509 g/mol. The van der Waals surface area contributed by atoms with Gasteiger partial charge in [-0.25, -0.2) is 0 Å². The van der Waals surface area contributed by atoms with E-state index in [4.69, 9.17) is 0 Å². The molecule has 3 aliphatic rings. The molecule has 0 spiro atoms. The summed E-state index contributed by atoms with van der Waals surface area (Å²) in [5, 5.41) is 9.08. The van der Waals surface area contributed by atoms with Crippen LogP contribution in [0, 0.1) is 23.7 Å². The smallest absolute Gasteiger partial charge is 0.251 e. The Morgan fingerprint density at radius 1 is 0.968 bits per heavy atom. The molecule has 1 heterocycles. The molecule has 4 atom stereocenters. The average molecular weight is 537 g/mol. The second kappa shape index (κ2) is 10.3. The van der Waals surface area contributed by atoms with Crippen LogP contribution >= 0.6 is 24.0 Å². The molecule has 166 valence electrons. The molecule has 2 bridgehead atoms. The molecule has 1 saturated heterocycles. The largest absolute Gasteiger partial charge is 0.355 e. The number of carbonyl (C=O) groups is 3. The number of rotatable bonds is 7. The number of halogens is 1. The van der Waals surface area contributed by atoms with Gasteiger partial charge in [-0.2, -0.15) is 0 Å². The van der Waals surface area contributed by atoms with E-state index in [1.807, 2.05) is 18.2 Å². The summed E-state index contributed by atoms with van der Waals surface area (Å²) in [6.07, 6.45) is 5.14. The van der Waals surface area contributed by atoms with Crippen LogP contribution in [0.2, 0.25) is 0 Å². The number of amides is 3. The molecule has 8 nitrogen and oxygen atoms in total. The summed E-state index contributed by atoms with van der Waals surface area (Å²) >= 11 is 0. The molecule has 9 heteroatoms. The Morgan fingerprint density at radius 2 is 1.55 bits per heavy atom. The molecule has 31 heavy (non-hydrogen) atoms. The van der Waals surface area contributed by atoms with Crippen LogP contribution in [0.5, 0.6) is 0 Å². The van der Waals surface area contributed by atoms with Gasteiger partial charge in [-0.1, -0.05) is 30.4 Å². The number of nitrogens with one attached hydrogen (secondary N) is 3. The van der Waals surface area contributed by atoms with Crippen molar-refractivity contribution in [2.45, 2.75) is 6.42 Å². The third-order valence-corrected chi connectivity index (χ3v) is 6.15. The van der Waals surface area contributed by atoms with Crippen molar-refractivity contribution in [1.82, 2.24) is 20.9 Å². The van der Waals surface area contributed by atoms with E-state index in [-0.39, 0.29) is 65.4 Å². The highest BCUT2D eigenvalue weighted by atomic mass is 127. The van der Waals surface area contributed by atoms with Crippen LogP contribution in [0.3, 0.4) is 0 Å². The van der Waals surface area contributed by atoms with E-state index in [2.05, 4.69) is 33.1 Å². The summed E-state index contributed by atoms with van der Waals surface area (Å²) in [4.78, 5) is 42.9. The first-order valence-electron chi connectivity index (χ1n) is 10.4. The van der Waals surface area contributed by atoms with Crippen LogP contribution < -0.4 is 16.0 Å². The molecule has 2 aliphatic carbocycles. The molecule has 0 aromatic heterocycles. The second-order valence-electron chi connectivity index (χ2n) is 7.88. The predicted octanol–water partition coefficient (Wildman–Crippen LogP) is 1.01. The van der Waals surface area contributed by atoms with Gasteiger partial charge in [0.2, 0.25) is 11.8 Å². The number of aliphatic imine (C=N–C) groups is 1. The molecule has 0 radical (unpaired) electrons. The minimum atomic E-state index is -0.154. The number of fused-ring (bicyclic) bond motifs is 5. The zero-order chi connectivity index (χ0) is 21.1. The van der Waals surface area contributed by atoms with Crippen LogP contribution in [-0.4, -0.2) is 61.8 Å². The Bertz CT molecular complexity index is 858. The van der Waals surface area contributed by atoms with Crippen LogP contribution in [0.4, 0.5) is 0 Å². The number of allylic oxidation sites excluding steroid dienone is 2. The molecule has 2 fully saturated rings. The summed E-state index contributed by atoms with van der Waals surface area (Å²) in [6.45, 7) is 1.70. The van der Waals surface area contributed by atoms with E-state index in [9.17, 15) is 14.4 Å². The Hall–Kier alpha value is -2.43. The maximum Gasteiger partial charge on any atom is 0.251 e. The number of hydrogen-bond acceptors (Lipinski definition) is 4. The monoisotopic (exact) mass is 537 g/mol. The number of imide groups is 1. The first-order chi connectivity index (χ1) is 14.6.